The quantitative estimate of drug-likeness (QED) is 0.209. The predicted molar refractivity (Wildman–Crippen MR) is 226 cm³/mol. The van der Waals surface area contributed by atoms with Crippen molar-refractivity contribution >= 4 is 40.5 Å². The van der Waals surface area contributed by atoms with Gasteiger partial charge in [0.1, 0.15) is 0 Å². The molecule has 0 unspecified atom stereocenters. The first-order chi connectivity index (χ1) is 24.0. The maximum atomic E-state index is 9.93. The first-order valence-corrected chi connectivity index (χ1v) is 29.0. The number of halogens is 2. The van der Waals surface area contributed by atoms with E-state index >= 15 is 0 Å². The van der Waals surface area contributed by atoms with Crippen LogP contribution in [0.3, 0.4) is 0 Å². The Hall–Kier alpha value is 0.400. The van der Waals surface area contributed by atoms with Crippen molar-refractivity contribution in [3.63, 3.8) is 0 Å². The van der Waals surface area contributed by atoms with Crippen LogP contribution in [-0.4, -0.2) is 39.4 Å². The molecule has 7 rings (SSSR count). The van der Waals surface area contributed by atoms with E-state index in [9.17, 15) is 22.5 Å². The molecule has 0 radical (unpaired) electrons. The van der Waals surface area contributed by atoms with E-state index in [1.807, 2.05) is 0 Å². The number of benzene rings is 1. The summed E-state index contributed by atoms with van der Waals surface area (Å²) in [7, 11) is 0. The molecule has 1 aromatic carbocycles. The van der Waals surface area contributed by atoms with E-state index in [1.165, 1.54) is 198 Å². The maximum absolute atomic E-state index is 9.93. The molecular weight excluding hydrogens is 673 g/mol. The average molecular weight is 748 g/mol. The Morgan fingerprint density at radius 3 is 0.878 bits per heavy atom. The summed E-state index contributed by atoms with van der Waals surface area (Å²) in [5.74, 6) is -6.16. The van der Waals surface area contributed by atoms with Crippen molar-refractivity contribution in [2.75, 3.05) is 0 Å². The van der Waals surface area contributed by atoms with Crippen LogP contribution < -0.4 is 0 Å². The first-order valence-electron chi connectivity index (χ1n) is 22.2. The molecule has 6 aliphatic carbocycles. The molecule has 0 nitrogen and oxygen atoms in total. The molecule has 0 heterocycles. The Bertz CT molecular complexity index is 1030. The summed E-state index contributed by atoms with van der Waals surface area (Å²) in [6, 6.07) is 11.5. The standard InChI is InChI=1S/C45H74Cl2P2/c46-48(39-24-10-2-11-25-39,40-26-12-3-13-27-40,41-28-14-4-15-29-41)45(37-36-38-22-8-1-9-23-38)49(47,42-30-16-5-17-31-42,43-32-18-6-19-33-43)44-34-20-7-21-35-44/h1,8-9,22-23,36-37,39-45H,2-7,10-21,24-35H2. The third kappa shape index (κ3) is 6.63. The molecule has 278 valence electrons. The molecule has 4 heteroatoms. The van der Waals surface area contributed by atoms with Gasteiger partial charge in [-0.3, -0.25) is 0 Å². The fourth-order valence-electron chi connectivity index (χ4n) is 14.5. The van der Waals surface area contributed by atoms with Crippen molar-refractivity contribution in [2.45, 2.75) is 232 Å². The van der Waals surface area contributed by atoms with Gasteiger partial charge in [0.05, 0.1) is 0 Å². The second kappa shape index (κ2) is 16.4. The molecule has 0 bridgehead atoms. The van der Waals surface area contributed by atoms with Crippen LogP contribution in [0.2, 0.25) is 0 Å². The van der Waals surface area contributed by atoms with Gasteiger partial charge in [-0.05, 0) is 0 Å². The van der Waals surface area contributed by atoms with E-state index in [0.29, 0.717) is 5.40 Å². The Morgan fingerprint density at radius 2 is 0.633 bits per heavy atom. The van der Waals surface area contributed by atoms with Crippen molar-refractivity contribution in [3.05, 3.63) is 42.0 Å². The Labute approximate surface area is 312 Å². The molecule has 0 atom stereocenters. The molecule has 1 aromatic rings. The summed E-state index contributed by atoms with van der Waals surface area (Å²) >= 11 is 19.9. The fourth-order valence-corrected chi connectivity index (χ4v) is 45.6. The normalized spacial score (nSPS) is 28.4. The van der Waals surface area contributed by atoms with Gasteiger partial charge in [0.15, 0.2) is 0 Å². The van der Waals surface area contributed by atoms with Gasteiger partial charge < -0.3 is 0 Å². The van der Waals surface area contributed by atoms with Crippen LogP contribution in [0.4, 0.5) is 0 Å². The van der Waals surface area contributed by atoms with Crippen LogP contribution in [0.15, 0.2) is 36.4 Å². The van der Waals surface area contributed by atoms with Gasteiger partial charge in [-0.15, -0.1) is 0 Å². The van der Waals surface area contributed by atoms with E-state index in [2.05, 4.69) is 42.5 Å². The molecule has 0 aliphatic heterocycles. The second-order valence-corrected chi connectivity index (χ2v) is 34.2. The van der Waals surface area contributed by atoms with Gasteiger partial charge in [-0.25, -0.2) is 0 Å². The zero-order valence-electron chi connectivity index (χ0n) is 31.4. The van der Waals surface area contributed by atoms with Gasteiger partial charge >= 0.3 is 314 Å². The van der Waals surface area contributed by atoms with Crippen molar-refractivity contribution in [2.24, 2.45) is 0 Å². The fraction of sp³-hybridized carbons (Fsp3) is 0.822. The van der Waals surface area contributed by atoms with Crippen LogP contribution in [0, 0.1) is 0 Å². The Morgan fingerprint density at radius 1 is 0.388 bits per heavy atom. The molecular formula is C45H74Cl2P2. The molecule has 6 aliphatic rings. The van der Waals surface area contributed by atoms with E-state index < -0.39 is 11.9 Å². The minimum absolute atomic E-state index is 0.462. The summed E-state index contributed by atoms with van der Waals surface area (Å²) in [6.45, 7) is 0. The monoisotopic (exact) mass is 746 g/mol. The number of hydrogen-bond acceptors (Lipinski definition) is 0. The zero-order valence-corrected chi connectivity index (χ0v) is 34.7. The zero-order chi connectivity index (χ0) is 33.7. The molecule has 0 amide bonds. The molecule has 0 saturated heterocycles. The Balaban J connectivity index is 1.59. The van der Waals surface area contributed by atoms with Gasteiger partial charge in [-0.1, -0.05) is 0 Å². The molecule has 49 heavy (non-hydrogen) atoms. The Kier molecular flexibility index (Phi) is 12.6. The van der Waals surface area contributed by atoms with Crippen molar-refractivity contribution in [1.29, 1.82) is 0 Å². The van der Waals surface area contributed by atoms with Gasteiger partial charge in [0.2, 0.25) is 0 Å². The van der Waals surface area contributed by atoms with E-state index in [0.717, 1.165) is 34.0 Å². The molecule has 0 N–H and O–H groups in total. The van der Waals surface area contributed by atoms with Crippen LogP contribution >= 0.6 is 34.4 Å². The number of allylic oxidation sites excluding steroid dienone is 1. The molecule has 6 fully saturated rings. The molecule has 0 spiro atoms. The van der Waals surface area contributed by atoms with Crippen molar-refractivity contribution in [1.82, 2.24) is 0 Å². The first kappa shape index (κ1) is 37.7. The topological polar surface area (TPSA) is 0 Å². The van der Waals surface area contributed by atoms with E-state index in [-0.39, 0.29) is 0 Å². The predicted octanol–water partition coefficient (Wildman–Crippen LogP) is 16.4. The summed E-state index contributed by atoms with van der Waals surface area (Å²) in [4.78, 5) is 0. The average Bonchev–Trinajstić information content (AvgIpc) is 3.20. The van der Waals surface area contributed by atoms with Gasteiger partial charge in [-0.2, -0.15) is 0 Å². The van der Waals surface area contributed by atoms with Crippen LogP contribution in [0.5, 0.6) is 0 Å². The van der Waals surface area contributed by atoms with E-state index in [4.69, 9.17) is 0 Å². The summed E-state index contributed by atoms with van der Waals surface area (Å²) in [6.07, 6.45) is 48.1. The van der Waals surface area contributed by atoms with Crippen LogP contribution in [0.1, 0.15) is 198 Å². The summed E-state index contributed by atoms with van der Waals surface area (Å²) in [5.41, 5.74) is 5.78. The van der Waals surface area contributed by atoms with Crippen LogP contribution in [-0.2, 0) is 0 Å². The number of hydrogen-bond donors (Lipinski definition) is 0. The van der Waals surface area contributed by atoms with Gasteiger partial charge in [0, 0.05) is 0 Å². The second-order valence-electron chi connectivity index (χ2n) is 18.5. The summed E-state index contributed by atoms with van der Waals surface area (Å²) < 4.78 is 0. The SMILES string of the molecule is ClP(C1CCCCC1)(C1CCCCC1)(C1CCCCC1)C(C=Cc1ccccc1)P(Cl)(C1CCCCC1)(C1CCCCC1)C1CCCCC1. The third-order valence-corrected chi connectivity index (χ3v) is 41.5. The molecule has 0 aromatic heterocycles. The van der Waals surface area contributed by atoms with Crippen LogP contribution in [0.25, 0.3) is 6.08 Å². The number of rotatable bonds is 10. The third-order valence-electron chi connectivity index (χ3n) is 16.4. The van der Waals surface area contributed by atoms with Gasteiger partial charge in [0.25, 0.3) is 0 Å². The van der Waals surface area contributed by atoms with Crippen molar-refractivity contribution in [3.8, 4) is 0 Å². The molecule has 6 saturated carbocycles. The van der Waals surface area contributed by atoms with Crippen molar-refractivity contribution < 1.29 is 0 Å². The van der Waals surface area contributed by atoms with E-state index in [1.54, 1.807) is 0 Å². The minimum atomic E-state index is -3.08. The summed E-state index contributed by atoms with van der Waals surface area (Å²) in [5, 5.41) is 0.462.